The largest absolute Gasteiger partial charge is 0.297 e. The maximum absolute atomic E-state index is 7.58. The molecule has 3 heteroatoms. The van der Waals surface area contributed by atoms with E-state index in [2.05, 4.69) is 4.99 Å². The van der Waals surface area contributed by atoms with Gasteiger partial charge in [-0.1, -0.05) is 36.4 Å². The van der Waals surface area contributed by atoms with E-state index in [-0.39, 0.29) is 11.5 Å². The van der Waals surface area contributed by atoms with Crippen molar-refractivity contribution in [2.45, 2.75) is 0 Å². The number of nitrogens with one attached hydrogen (secondary N) is 2. The number of hydrogen-bond donors (Lipinski definition) is 2. The Balaban J connectivity index is 2.59. The van der Waals surface area contributed by atoms with Crippen LogP contribution < -0.4 is 10.6 Å². The van der Waals surface area contributed by atoms with E-state index < -0.39 is 0 Å². The van der Waals surface area contributed by atoms with Crippen molar-refractivity contribution in [1.29, 1.82) is 10.8 Å². The first-order chi connectivity index (χ1) is 7.75. The van der Waals surface area contributed by atoms with Crippen LogP contribution >= 0.6 is 0 Å². The normalized spacial score (nSPS) is 14.2. The Bertz CT molecular complexity index is 741. The summed E-state index contributed by atoms with van der Waals surface area (Å²) >= 11 is 0. The van der Waals surface area contributed by atoms with Crippen LogP contribution in [0.25, 0.3) is 16.8 Å². The van der Waals surface area contributed by atoms with E-state index in [1.807, 2.05) is 36.4 Å². The number of benzene rings is 2. The maximum Gasteiger partial charge on any atom is 0.170 e. The highest BCUT2D eigenvalue weighted by Gasteiger charge is 2.07. The molecule has 0 atom stereocenters. The van der Waals surface area contributed by atoms with E-state index >= 15 is 0 Å². The zero-order chi connectivity index (χ0) is 11.1. The van der Waals surface area contributed by atoms with Crippen molar-refractivity contribution < 1.29 is 0 Å². The summed E-state index contributed by atoms with van der Waals surface area (Å²) < 4.78 is 0. The lowest BCUT2D eigenvalue weighted by Crippen LogP contribution is -2.33. The molecular weight excluding hydrogens is 198 g/mol. The first-order valence-electron chi connectivity index (χ1n) is 5.01. The van der Waals surface area contributed by atoms with Gasteiger partial charge in [0.1, 0.15) is 0 Å². The van der Waals surface area contributed by atoms with Gasteiger partial charge in [0, 0.05) is 10.6 Å². The molecule has 0 unspecified atom stereocenters. The van der Waals surface area contributed by atoms with Crippen LogP contribution in [-0.2, 0) is 0 Å². The highest BCUT2D eigenvalue weighted by Crippen LogP contribution is 2.07. The van der Waals surface area contributed by atoms with E-state index in [0.29, 0.717) is 0 Å². The molecule has 0 saturated heterocycles. The average Bonchev–Trinajstić information content (AvgIpc) is 2.31. The van der Waals surface area contributed by atoms with Crippen LogP contribution in [0.4, 0.5) is 0 Å². The quantitative estimate of drug-likeness (QED) is 0.653. The molecule has 16 heavy (non-hydrogen) atoms. The minimum absolute atomic E-state index is 0.0313. The predicted molar refractivity (Wildman–Crippen MR) is 64.6 cm³/mol. The lowest BCUT2D eigenvalue weighted by Gasteiger charge is -2.05. The van der Waals surface area contributed by atoms with Crippen LogP contribution in [0.15, 0.2) is 41.4 Å². The van der Waals surface area contributed by atoms with Gasteiger partial charge >= 0.3 is 0 Å². The van der Waals surface area contributed by atoms with Gasteiger partial charge in [-0.15, -0.1) is 0 Å². The van der Waals surface area contributed by atoms with Gasteiger partial charge < -0.3 is 0 Å². The fraction of sp³-hybridized carbons (Fsp3) is 0. The van der Waals surface area contributed by atoms with Crippen LogP contribution in [0.1, 0.15) is 0 Å². The molecule has 0 amide bonds. The number of amidine groups is 1. The van der Waals surface area contributed by atoms with Crippen molar-refractivity contribution in [1.82, 2.24) is 0 Å². The van der Waals surface area contributed by atoms with E-state index in [1.54, 1.807) is 6.08 Å². The van der Waals surface area contributed by atoms with Crippen LogP contribution in [-0.4, -0.2) is 11.5 Å². The van der Waals surface area contributed by atoms with Crippen molar-refractivity contribution in [3.8, 4) is 0 Å². The molecule has 0 aliphatic carbocycles. The summed E-state index contributed by atoms with van der Waals surface area (Å²) in [5.74, 6) is 0.0313. The minimum Gasteiger partial charge on any atom is -0.297 e. The average molecular weight is 207 g/mol. The van der Waals surface area contributed by atoms with Gasteiger partial charge in [-0.05, 0) is 11.5 Å². The van der Waals surface area contributed by atoms with E-state index in [4.69, 9.17) is 10.8 Å². The molecule has 76 valence electrons. The van der Waals surface area contributed by atoms with Gasteiger partial charge in [0.25, 0.3) is 0 Å². The highest BCUT2D eigenvalue weighted by atomic mass is 14.8. The second-order valence-electron chi connectivity index (χ2n) is 3.74. The summed E-state index contributed by atoms with van der Waals surface area (Å²) in [6.45, 7) is 0. The van der Waals surface area contributed by atoms with Crippen molar-refractivity contribution in [2.75, 3.05) is 0 Å². The zero-order valence-electron chi connectivity index (χ0n) is 8.49. The number of nitrogens with zero attached hydrogens (tertiary/aromatic N) is 1. The molecule has 2 aromatic rings. The Morgan fingerprint density at radius 3 is 2.62 bits per heavy atom. The lowest BCUT2D eigenvalue weighted by molar-refractivity contribution is 1.33. The number of hydrogen-bond acceptors (Lipinski definition) is 2. The molecule has 0 bridgehead atoms. The molecule has 2 N–H and O–H groups in total. The minimum atomic E-state index is 0.0313. The van der Waals surface area contributed by atoms with Gasteiger partial charge in [-0.2, -0.15) is 0 Å². The fourth-order valence-electron chi connectivity index (χ4n) is 1.91. The Morgan fingerprint density at radius 1 is 0.938 bits per heavy atom. The molecule has 0 aromatic heterocycles. The maximum atomic E-state index is 7.58. The van der Waals surface area contributed by atoms with Gasteiger partial charge in [0.2, 0.25) is 0 Å². The summed E-state index contributed by atoms with van der Waals surface area (Å²) in [7, 11) is 0. The van der Waals surface area contributed by atoms with Crippen LogP contribution in [0.2, 0.25) is 0 Å². The molecule has 1 aliphatic heterocycles. The predicted octanol–water partition coefficient (Wildman–Crippen LogP) is 1.25. The second-order valence-corrected chi connectivity index (χ2v) is 3.74. The topological polar surface area (TPSA) is 60.1 Å². The molecule has 3 nitrogen and oxygen atoms in total. The van der Waals surface area contributed by atoms with Crippen LogP contribution in [0.3, 0.4) is 0 Å². The molecule has 0 radical (unpaired) electrons. The standard InChI is InChI=1S/C13H9N3/c14-11-7-9-6-5-8-3-1-2-4-10(8)12(9)16-13(11)15/h1-7,14-15H. The molecular formula is C13H9N3. The summed E-state index contributed by atoms with van der Waals surface area (Å²) in [6, 6.07) is 11.9. The highest BCUT2D eigenvalue weighted by molar-refractivity contribution is 6.50. The Hall–Kier alpha value is -2.29. The van der Waals surface area contributed by atoms with E-state index in [0.717, 1.165) is 21.3 Å². The van der Waals surface area contributed by atoms with Crippen molar-refractivity contribution in [2.24, 2.45) is 4.99 Å². The number of rotatable bonds is 0. The molecule has 2 aromatic carbocycles. The zero-order valence-corrected chi connectivity index (χ0v) is 8.49. The molecule has 0 fully saturated rings. The van der Waals surface area contributed by atoms with E-state index in [1.165, 1.54) is 0 Å². The monoisotopic (exact) mass is 207 g/mol. The van der Waals surface area contributed by atoms with Gasteiger partial charge in [-0.25, -0.2) is 4.99 Å². The first kappa shape index (κ1) is 8.97. The first-order valence-corrected chi connectivity index (χ1v) is 5.01. The summed E-state index contributed by atoms with van der Waals surface area (Å²) in [5.41, 5.74) is 0.169. The molecule has 1 aliphatic rings. The summed E-state index contributed by atoms with van der Waals surface area (Å²) in [6.07, 6.45) is 1.69. The summed E-state index contributed by atoms with van der Waals surface area (Å²) in [5, 5.41) is 19.0. The number of fused-ring (bicyclic) bond motifs is 3. The Labute approximate surface area is 91.8 Å². The third kappa shape index (κ3) is 1.18. The molecule has 0 saturated carbocycles. The van der Waals surface area contributed by atoms with Crippen molar-refractivity contribution in [3.05, 3.63) is 47.0 Å². The van der Waals surface area contributed by atoms with Gasteiger partial charge in [-0.3, -0.25) is 10.8 Å². The third-order valence-corrected chi connectivity index (χ3v) is 2.71. The fourth-order valence-corrected chi connectivity index (χ4v) is 1.91. The van der Waals surface area contributed by atoms with Crippen molar-refractivity contribution in [3.63, 3.8) is 0 Å². The van der Waals surface area contributed by atoms with Crippen molar-refractivity contribution >= 4 is 28.4 Å². The Kier molecular flexibility index (Phi) is 1.74. The SMILES string of the molecule is N=C1C=c2ccc3ccccc3c2=NC1=N. The van der Waals surface area contributed by atoms with Gasteiger partial charge in [0.15, 0.2) is 5.84 Å². The third-order valence-electron chi connectivity index (χ3n) is 2.71. The van der Waals surface area contributed by atoms with E-state index in [9.17, 15) is 0 Å². The van der Waals surface area contributed by atoms with Gasteiger partial charge in [0.05, 0.1) is 11.1 Å². The molecule has 1 heterocycles. The lowest BCUT2D eigenvalue weighted by atomic mass is 10.1. The Morgan fingerprint density at radius 2 is 1.75 bits per heavy atom. The molecule has 0 spiro atoms. The van der Waals surface area contributed by atoms with Crippen LogP contribution in [0, 0.1) is 10.8 Å². The smallest absolute Gasteiger partial charge is 0.170 e. The second kappa shape index (κ2) is 3.10. The van der Waals surface area contributed by atoms with Crippen LogP contribution in [0.5, 0.6) is 0 Å². The molecule has 3 rings (SSSR count). The summed E-state index contributed by atoms with van der Waals surface area (Å²) in [4.78, 5) is 4.18.